The van der Waals surface area contributed by atoms with Crippen molar-refractivity contribution in [3.8, 4) is 0 Å². The highest BCUT2D eigenvalue weighted by molar-refractivity contribution is 9.10. The lowest BCUT2D eigenvalue weighted by Gasteiger charge is -2.09. The fraction of sp³-hybridized carbons (Fsp3) is 0.250. The van der Waals surface area contributed by atoms with Gasteiger partial charge in [-0.05, 0) is 18.2 Å². The van der Waals surface area contributed by atoms with Gasteiger partial charge in [-0.15, -0.1) is 0 Å². The Hall–Kier alpha value is -0.700. The van der Waals surface area contributed by atoms with Crippen LogP contribution in [0.2, 0.25) is 0 Å². The molecule has 0 bridgehead atoms. The highest BCUT2D eigenvalue weighted by atomic mass is 79.9. The van der Waals surface area contributed by atoms with Crippen LogP contribution in [0.4, 0.5) is 11.4 Å². The zero-order valence-electron chi connectivity index (χ0n) is 6.26. The van der Waals surface area contributed by atoms with Crippen molar-refractivity contribution in [1.29, 1.82) is 0 Å². The Kier molecular flexibility index (Phi) is 1.53. The Bertz CT molecular complexity index is 285. The second-order valence-corrected chi connectivity index (χ2v) is 3.61. The van der Waals surface area contributed by atoms with E-state index in [0.717, 1.165) is 11.1 Å². The highest BCUT2D eigenvalue weighted by Crippen LogP contribution is 2.32. The average Bonchev–Trinajstić information content (AvgIpc) is 2.33. The summed E-state index contributed by atoms with van der Waals surface area (Å²) < 4.78 is 1.13. The average molecular weight is 213 g/mol. The van der Waals surface area contributed by atoms with Gasteiger partial charge in [0.05, 0.1) is 18.0 Å². The lowest BCUT2D eigenvalue weighted by Crippen LogP contribution is -2.15. The highest BCUT2D eigenvalue weighted by Gasteiger charge is 2.13. The molecule has 11 heavy (non-hydrogen) atoms. The first kappa shape index (κ1) is 6.98. The van der Waals surface area contributed by atoms with E-state index in [0.29, 0.717) is 0 Å². The van der Waals surface area contributed by atoms with Gasteiger partial charge in [-0.3, -0.25) is 0 Å². The Morgan fingerprint density at radius 1 is 1.55 bits per heavy atom. The summed E-state index contributed by atoms with van der Waals surface area (Å²) in [6.45, 7) is 0.909. The zero-order valence-corrected chi connectivity index (χ0v) is 7.85. The van der Waals surface area contributed by atoms with Crippen LogP contribution in [-0.2, 0) is 0 Å². The molecule has 3 heteroatoms. The molecule has 2 rings (SSSR count). The van der Waals surface area contributed by atoms with Crippen molar-refractivity contribution in [2.45, 2.75) is 0 Å². The fourth-order valence-corrected chi connectivity index (χ4v) is 1.61. The van der Waals surface area contributed by atoms with Crippen LogP contribution in [0.5, 0.6) is 0 Å². The maximum atomic E-state index is 3.44. The molecule has 1 heterocycles. The van der Waals surface area contributed by atoms with Gasteiger partial charge in [-0.2, -0.15) is 0 Å². The minimum atomic E-state index is 0.909. The van der Waals surface area contributed by atoms with Crippen molar-refractivity contribution < 1.29 is 0 Å². The molecule has 1 aliphatic rings. The molecule has 0 saturated carbocycles. The first-order valence-electron chi connectivity index (χ1n) is 3.52. The van der Waals surface area contributed by atoms with Crippen LogP contribution < -0.4 is 10.2 Å². The van der Waals surface area contributed by atoms with Gasteiger partial charge in [0, 0.05) is 11.5 Å². The molecule has 1 N–H and O–H groups in total. The van der Waals surface area contributed by atoms with E-state index in [4.69, 9.17) is 0 Å². The van der Waals surface area contributed by atoms with Gasteiger partial charge in [-0.25, -0.2) is 0 Å². The number of nitrogens with zero attached hydrogens (tertiary/aromatic N) is 1. The minimum Gasteiger partial charge on any atom is -0.366 e. The number of nitrogens with one attached hydrogen (secondary N) is 1. The topological polar surface area (TPSA) is 15.3 Å². The standard InChI is InChI=1S/C8H9BrN2/c1-11-5-10-7-3-2-6(9)4-8(7)11/h2-4,10H,5H2,1H3. The summed E-state index contributed by atoms with van der Waals surface area (Å²) in [5.41, 5.74) is 2.48. The summed E-state index contributed by atoms with van der Waals surface area (Å²) in [4.78, 5) is 2.18. The molecule has 0 fully saturated rings. The van der Waals surface area contributed by atoms with Crippen LogP contribution >= 0.6 is 15.9 Å². The Balaban J connectivity index is 2.52. The van der Waals surface area contributed by atoms with Crippen LogP contribution in [0, 0.1) is 0 Å². The second kappa shape index (κ2) is 2.41. The van der Waals surface area contributed by atoms with E-state index in [-0.39, 0.29) is 0 Å². The van der Waals surface area contributed by atoms with E-state index in [2.05, 4.69) is 45.3 Å². The normalized spacial score (nSPS) is 14.5. The largest absolute Gasteiger partial charge is 0.366 e. The second-order valence-electron chi connectivity index (χ2n) is 2.69. The lowest BCUT2D eigenvalue weighted by molar-refractivity contribution is 1.03. The maximum Gasteiger partial charge on any atom is 0.0874 e. The fourth-order valence-electron chi connectivity index (χ4n) is 1.26. The molecule has 0 amide bonds. The molecular formula is C8H9BrN2. The number of rotatable bonds is 0. The van der Waals surface area contributed by atoms with E-state index in [9.17, 15) is 0 Å². The first-order valence-corrected chi connectivity index (χ1v) is 4.31. The number of hydrogen-bond acceptors (Lipinski definition) is 2. The van der Waals surface area contributed by atoms with Crippen LogP contribution in [0.15, 0.2) is 22.7 Å². The summed E-state index contributed by atoms with van der Waals surface area (Å²) >= 11 is 3.44. The number of anilines is 2. The molecule has 1 aromatic carbocycles. The molecule has 0 saturated heterocycles. The van der Waals surface area contributed by atoms with Crippen molar-refractivity contribution in [2.24, 2.45) is 0 Å². The zero-order chi connectivity index (χ0) is 7.84. The molecular weight excluding hydrogens is 204 g/mol. The molecule has 1 aliphatic heterocycles. The summed E-state index contributed by atoms with van der Waals surface area (Å²) in [5, 5.41) is 3.28. The van der Waals surface area contributed by atoms with Gasteiger partial charge < -0.3 is 10.2 Å². The third-order valence-corrected chi connectivity index (χ3v) is 2.37. The molecule has 0 aromatic heterocycles. The predicted molar refractivity (Wildman–Crippen MR) is 51.0 cm³/mol. The Morgan fingerprint density at radius 2 is 2.36 bits per heavy atom. The minimum absolute atomic E-state index is 0.909. The van der Waals surface area contributed by atoms with Gasteiger partial charge in [0.25, 0.3) is 0 Å². The smallest absolute Gasteiger partial charge is 0.0874 e. The van der Waals surface area contributed by atoms with Crippen molar-refractivity contribution in [2.75, 3.05) is 23.9 Å². The van der Waals surface area contributed by atoms with Crippen molar-refractivity contribution in [3.05, 3.63) is 22.7 Å². The summed E-state index contributed by atoms with van der Waals surface area (Å²) in [6, 6.07) is 6.25. The van der Waals surface area contributed by atoms with Crippen LogP contribution in [0.1, 0.15) is 0 Å². The number of halogens is 1. The van der Waals surface area contributed by atoms with Crippen LogP contribution in [-0.4, -0.2) is 13.7 Å². The third kappa shape index (κ3) is 1.09. The van der Waals surface area contributed by atoms with Gasteiger partial charge in [0.1, 0.15) is 0 Å². The third-order valence-electron chi connectivity index (χ3n) is 1.88. The molecule has 0 radical (unpaired) electrons. The number of hydrogen-bond donors (Lipinski definition) is 1. The molecule has 2 nitrogen and oxygen atoms in total. The van der Waals surface area contributed by atoms with Crippen molar-refractivity contribution in [1.82, 2.24) is 0 Å². The Labute approximate surface area is 74.3 Å². The van der Waals surface area contributed by atoms with Gasteiger partial charge in [-0.1, -0.05) is 15.9 Å². The Morgan fingerprint density at radius 3 is 3.18 bits per heavy atom. The molecule has 0 atom stereocenters. The molecule has 0 spiro atoms. The molecule has 58 valence electrons. The lowest BCUT2D eigenvalue weighted by atomic mass is 10.3. The van der Waals surface area contributed by atoms with Gasteiger partial charge >= 0.3 is 0 Å². The quantitative estimate of drug-likeness (QED) is 0.711. The molecule has 1 aromatic rings. The maximum absolute atomic E-state index is 3.44. The predicted octanol–water partition coefficient (Wildman–Crippen LogP) is 2.27. The number of fused-ring (bicyclic) bond motifs is 1. The van der Waals surface area contributed by atoms with Gasteiger partial charge in [0.15, 0.2) is 0 Å². The monoisotopic (exact) mass is 212 g/mol. The summed E-state index contributed by atoms with van der Waals surface area (Å²) in [5.74, 6) is 0. The van der Waals surface area contributed by atoms with E-state index < -0.39 is 0 Å². The van der Waals surface area contributed by atoms with Crippen LogP contribution in [0.25, 0.3) is 0 Å². The summed E-state index contributed by atoms with van der Waals surface area (Å²) in [6.07, 6.45) is 0. The van der Waals surface area contributed by atoms with E-state index in [1.807, 2.05) is 6.07 Å². The van der Waals surface area contributed by atoms with E-state index in [1.54, 1.807) is 0 Å². The van der Waals surface area contributed by atoms with E-state index in [1.165, 1.54) is 11.4 Å². The van der Waals surface area contributed by atoms with Crippen molar-refractivity contribution >= 4 is 27.3 Å². The van der Waals surface area contributed by atoms with E-state index >= 15 is 0 Å². The summed E-state index contributed by atoms with van der Waals surface area (Å²) in [7, 11) is 2.07. The van der Waals surface area contributed by atoms with Crippen LogP contribution in [0.3, 0.4) is 0 Å². The first-order chi connectivity index (χ1) is 5.27. The molecule has 0 unspecified atom stereocenters. The SMILES string of the molecule is CN1CNc2ccc(Br)cc21. The molecule has 0 aliphatic carbocycles. The number of benzene rings is 1. The van der Waals surface area contributed by atoms with Crippen molar-refractivity contribution in [3.63, 3.8) is 0 Å². The van der Waals surface area contributed by atoms with Gasteiger partial charge in [0.2, 0.25) is 0 Å².